The molecule has 0 atom stereocenters. The van der Waals surface area contributed by atoms with Gasteiger partial charge in [-0.15, -0.1) is 0 Å². The molecule has 128 valence electrons. The Morgan fingerprint density at radius 3 is 2.54 bits per heavy atom. The van der Waals surface area contributed by atoms with Gasteiger partial charge in [0.05, 0.1) is 11.3 Å². The van der Waals surface area contributed by atoms with E-state index >= 15 is 0 Å². The van der Waals surface area contributed by atoms with Crippen LogP contribution in [0, 0.1) is 0 Å². The van der Waals surface area contributed by atoms with Gasteiger partial charge in [0, 0.05) is 18.0 Å². The normalized spacial score (nSPS) is 10.8. The van der Waals surface area contributed by atoms with E-state index in [2.05, 4.69) is 4.98 Å². The van der Waals surface area contributed by atoms with Crippen LogP contribution in [0.2, 0.25) is 0 Å². The maximum Gasteiger partial charge on any atom is 0.335 e. The molecule has 0 amide bonds. The molecule has 26 heavy (non-hydrogen) atoms. The summed E-state index contributed by atoms with van der Waals surface area (Å²) in [5.41, 5.74) is 3.66. The van der Waals surface area contributed by atoms with E-state index in [9.17, 15) is 4.79 Å². The first-order chi connectivity index (χ1) is 12.7. The van der Waals surface area contributed by atoms with Crippen LogP contribution in [0.1, 0.15) is 15.9 Å². The third kappa shape index (κ3) is 3.28. The van der Waals surface area contributed by atoms with E-state index in [1.54, 1.807) is 18.3 Å². The van der Waals surface area contributed by atoms with Gasteiger partial charge in [-0.2, -0.15) is 0 Å². The second kappa shape index (κ2) is 6.72. The summed E-state index contributed by atoms with van der Waals surface area (Å²) < 4.78 is 7.60. The summed E-state index contributed by atoms with van der Waals surface area (Å²) in [7, 11) is 0. The van der Waals surface area contributed by atoms with Gasteiger partial charge in [-0.1, -0.05) is 30.3 Å². The molecule has 4 rings (SSSR count). The number of pyridine rings is 1. The number of carboxylic acids is 1. The Bertz CT molecular complexity index is 1050. The fraction of sp³-hybridized carbons (Fsp3) is 0.0476. The van der Waals surface area contributed by atoms with Crippen LogP contribution >= 0.6 is 0 Å². The van der Waals surface area contributed by atoms with Crippen molar-refractivity contribution >= 4 is 11.6 Å². The quantitative estimate of drug-likeness (QED) is 0.587. The van der Waals surface area contributed by atoms with E-state index in [0.717, 1.165) is 22.6 Å². The molecule has 1 N–H and O–H groups in total. The van der Waals surface area contributed by atoms with Crippen molar-refractivity contribution in [2.75, 3.05) is 0 Å². The zero-order chi connectivity index (χ0) is 17.9. The third-order valence-electron chi connectivity index (χ3n) is 4.11. The molecule has 5 nitrogen and oxygen atoms in total. The van der Waals surface area contributed by atoms with Gasteiger partial charge in [0.25, 0.3) is 0 Å². The van der Waals surface area contributed by atoms with Crippen LogP contribution in [-0.4, -0.2) is 20.5 Å². The van der Waals surface area contributed by atoms with Gasteiger partial charge < -0.3 is 14.2 Å². The average molecular weight is 344 g/mol. The zero-order valence-corrected chi connectivity index (χ0v) is 13.9. The Morgan fingerprint density at radius 2 is 1.81 bits per heavy atom. The van der Waals surface area contributed by atoms with Crippen molar-refractivity contribution in [2.45, 2.75) is 6.61 Å². The van der Waals surface area contributed by atoms with E-state index in [-0.39, 0.29) is 5.56 Å². The van der Waals surface area contributed by atoms with E-state index in [1.165, 1.54) is 0 Å². The Balaban J connectivity index is 1.53. The number of rotatable bonds is 5. The Labute approximate surface area is 150 Å². The predicted octanol–water partition coefficient (Wildman–Crippen LogP) is 4.28. The monoisotopic (exact) mass is 344 g/mol. The van der Waals surface area contributed by atoms with Crippen LogP contribution in [0.3, 0.4) is 0 Å². The van der Waals surface area contributed by atoms with E-state index in [0.29, 0.717) is 12.3 Å². The molecule has 0 fully saturated rings. The Morgan fingerprint density at radius 1 is 1.04 bits per heavy atom. The molecule has 0 spiro atoms. The topological polar surface area (TPSA) is 63.8 Å². The van der Waals surface area contributed by atoms with Gasteiger partial charge in [0.2, 0.25) is 0 Å². The van der Waals surface area contributed by atoms with E-state index in [4.69, 9.17) is 9.84 Å². The fourth-order valence-corrected chi connectivity index (χ4v) is 2.72. The number of carboxylic acid groups (broad SMARTS) is 1. The minimum atomic E-state index is -0.961. The highest BCUT2D eigenvalue weighted by Gasteiger charge is 2.08. The molecule has 0 radical (unpaired) electrons. The smallest absolute Gasteiger partial charge is 0.335 e. The average Bonchev–Trinajstić information content (AvgIpc) is 3.11. The molecule has 5 heteroatoms. The second-order valence-corrected chi connectivity index (χ2v) is 5.91. The van der Waals surface area contributed by atoms with Crippen LogP contribution in [0.5, 0.6) is 5.75 Å². The van der Waals surface area contributed by atoms with Gasteiger partial charge in [-0.25, -0.2) is 9.78 Å². The highest BCUT2D eigenvalue weighted by atomic mass is 16.5. The van der Waals surface area contributed by atoms with Crippen LogP contribution in [0.15, 0.2) is 79.1 Å². The lowest BCUT2D eigenvalue weighted by Crippen LogP contribution is -1.96. The predicted molar refractivity (Wildman–Crippen MR) is 98.4 cm³/mol. The van der Waals surface area contributed by atoms with Gasteiger partial charge in [-0.05, 0) is 42.0 Å². The van der Waals surface area contributed by atoms with Gasteiger partial charge in [-0.3, -0.25) is 0 Å². The first-order valence-electron chi connectivity index (χ1n) is 8.18. The van der Waals surface area contributed by atoms with Crippen molar-refractivity contribution in [1.82, 2.24) is 9.38 Å². The Kier molecular flexibility index (Phi) is 4.11. The molecule has 4 aromatic rings. The Hall–Kier alpha value is -3.60. The van der Waals surface area contributed by atoms with Crippen LogP contribution in [0.4, 0.5) is 0 Å². The number of hydrogen-bond donors (Lipinski definition) is 1. The summed E-state index contributed by atoms with van der Waals surface area (Å²) >= 11 is 0. The van der Waals surface area contributed by atoms with Crippen LogP contribution < -0.4 is 4.74 Å². The number of aromatic carboxylic acids is 1. The standard InChI is InChI=1S/C21H16N2O3/c24-21(25)17-10-11-23-13-19(22-20(23)12-17)16-6-8-18(9-7-16)26-14-15-4-2-1-3-5-15/h1-13H,14H2,(H,24,25). The fourth-order valence-electron chi connectivity index (χ4n) is 2.72. The first-order valence-corrected chi connectivity index (χ1v) is 8.18. The maximum atomic E-state index is 11.1. The minimum absolute atomic E-state index is 0.222. The number of benzene rings is 2. The second-order valence-electron chi connectivity index (χ2n) is 5.91. The van der Waals surface area contributed by atoms with Crippen molar-refractivity contribution < 1.29 is 14.6 Å². The molecular weight excluding hydrogens is 328 g/mol. The molecule has 2 aromatic heterocycles. The van der Waals surface area contributed by atoms with Gasteiger partial charge in [0.1, 0.15) is 18.0 Å². The van der Waals surface area contributed by atoms with Crippen molar-refractivity contribution in [3.8, 4) is 17.0 Å². The molecule has 0 aliphatic rings. The van der Waals surface area contributed by atoms with Gasteiger partial charge in [0.15, 0.2) is 0 Å². The molecule has 0 aliphatic heterocycles. The van der Waals surface area contributed by atoms with E-state index < -0.39 is 5.97 Å². The number of aromatic nitrogens is 2. The summed E-state index contributed by atoms with van der Waals surface area (Å²) in [6, 6.07) is 20.8. The molecule has 2 aromatic carbocycles. The summed E-state index contributed by atoms with van der Waals surface area (Å²) in [4.78, 5) is 15.6. The molecule has 2 heterocycles. The van der Waals surface area contributed by atoms with Gasteiger partial charge >= 0.3 is 5.97 Å². The maximum absolute atomic E-state index is 11.1. The number of nitrogens with zero attached hydrogens (tertiary/aromatic N) is 2. The zero-order valence-electron chi connectivity index (χ0n) is 13.9. The highest BCUT2D eigenvalue weighted by molar-refractivity contribution is 5.88. The number of ether oxygens (including phenoxy) is 1. The van der Waals surface area contributed by atoms with Crippen LogP contribution in [0.25, 0.3) is 16.9 Å². The minimum Gasteiger partial charge on any atom is -0.489 e. The SMILES string of the molecule is O=C(O)c1ccn2cc(-c3ccc(OCc4ccccc4)cc3)nc2c1. The largest absolute Gasteiger partial charge is 0.489 e. The molecule has 0 bridgehead atoms. The summed E-state index contributed by atoms with van der Waals surface area (Å²) in [5, 5.41) is 9.08. The summed E-state index contributed by atoms with van der Waals surface area (Å²) in [6.45, 7) is 0.520. The lowest BCUT2D eigenvalue weighted by molar-refractivity contribution is 0.0697. The van der Waals surface area contributed by atoms with Crippen molar-refractivity contribution in [3.05, 3.63) is 90.3 Å². The lowest BCUT2D eigenvalue weighted by atomic mass is 10.1. The van der Waals surface area contributed by atoms with Crippen molar-refractivity contribution in [2.24, 2.45) is 0 Å². The molecule has 0 saturated carbocycles. The van der Waals surface area contributed by atoms with Crippen molar-refractivity contribution in [1.29, 1.82) is 0 Å². The number of imidazole rings is 1. The summed E-state index contributed by atoms with van der Waals surface area (Å²) in [6.07, 6.45) is 3.58. The third-order valence-corrected chi connectivity index (χ3v) is 4.11. The summed E-state index contributed by atoms with van der Waals surface area (Å²) in [5.74, 6) is -0.175. The first kappa shape index (κ1) is 15.9. The highest BCUT2D eigenvalue weighted by Crippen LogP contribution is 2.23. The van der Waals surface area contributed by atoms with E-state index in [1.807, 2.05) is 65.2 Å². The number of hydrogen-bond acceptors (Lipinski definition) is 3. The van der Waals surface area contributed by atoms with Crippen molar-refractivity contribution in [3.63, 3.8) is 0 Å². The number of carbonyl (C=O) groups is 1. The molecule has 0 aliphatic carbocycles. The van der Waals surface area contributed by atoms with Crippen LogP contribution in [-0.2, 0) is 6.61 Å². The molecule has 0 unspecified atom stereocenters. The molecule has 0 saturated heterocycles. The lowest BCUT2D eigenvalue weighted by Gasteiger charge is -2.06. The number of fused-ring (bicyclic) bond motifs is 1. The molecular formula is C21H16N2O3.